The summed E-state index contributed by atoms with van der Waals surface area (Å²) in [6, 6.07) is 13.8. The van der Waals surface area contributed by atoms with Gasteiger partial charge < -0.3 is 14.6 Å². The molecule has 1 N–H and O–H groups in total. The Labute approximate surface area is 136 Å². The van der Waals surface area contributed by atoms with E-state index in [-0.39, 0.29) is 6.42 Å². The first-order valence-corrected chi connectivity index (χ1v) is 7.74. The molecule has 122 valence electrons. The average molecular weight is 314 g/mol. The van der Waals surface area contributed by atoms with Gasteiger partial charge in [0.05, 0.1) is 6.61 Å². The topological polar surface area (TPSA) is 55.8 Å². The Morgan fingerprint density at radius 1 is 1.00 bits per heavy atom. The van der Waals surface area contributed by atoms with Crippen LogP contribution in [0.2, 0.25) is 0 Å². The molecule has 4 nitrogen and oxygen atoms in total. The summed E-state index contributed by atoms with van der Waals surface area (Å²) in [6.07, 6.45) is 0.586. The number of aryl methyl sites for hydroxylation is 2. The van der Waals surface area contributed by atoms with E-state index in [1.165, 1.54) is 5.56 Å². The minimum Gasteiger partial charge on any atom is -0.490 e. The summed E-state index contributed by atoms with van der Waals surface area (Å²) in [7, 11) is 0. The second-order valence-corrected chi connectivity index (χ2v) is 5.38. The van der Waals surface area contributed by atoms with E-state index in [4.69, 9.17) is 14.6 Å². The number of carbonyl (C=O) groups is 1. The van der Waals surface area contributed by atoms with Crippen LogP contribution in [-0.4, -0.2) is 17.7 Å². The third kappa shape index (κ3) is 5.33. The number of benzene rings is 2. The van der Waals surface area contributed by atoms with Crippen molar-refractivity contribution in [1.82, 2.24) is 0 Å². The van der Waals surface area contributed by atoms with Crippen LogP contribution < -0.4 is 9.47 Å². The first-order valence-electron chi connectivity index (χ1n) is 7.74. The van der Waals surface area contributed by atoms with E-state index in [9.17, 15) is 4.79 Å². The summed E-state index contributed by atoms with van der Waals surface area (Å²) in [5, 5.41) is 8.78. The molecule has 0 atom stereocenters. The molecule has 0 bridgehead atoms. The van der Waals surface area contributed by atoms with E-state index in [0.29, 0.717) is 31.1 Å². The first kappa shape index (κ1) is 16.9. The molecule has 0 amide bonds. The Bertz CT molecular complexity index is 647. The van der Waals surface area contributed by atoms with Gasteiger partial charge in [0.25, 0.3) is 0 Å². The summed E-state index contributed by atoms with van der Waals surface area (Å²) >= 11 is 0. The molecule has 0 radical (unpaired) electrons. The number of carboxylic acid groups (broad SMARTS) is 1. The van der Waals surface area contributed by atoms with Gasteiger partial charge in [0.15, 0.2) is 11.5 Å². The highest BCUT2D eigenvalue weighted by molar-refractivity contribution is 5.67. The maximum absolute atomic E-state index is 10.7. The summed E-state index contributed by atoms with van der Waals surface area (Å²) in [5.74, 6) is 0.525. The van der Waals surface area contributed by atoms with Crippen LogP contribution in [-0.2, 0) is 17.8 Å². The van der Waals surface area contributed by atoms with E-state index in [1.54, 1.807) is 0 Å². The van der Waals surface area contributed by atoms with Crippen LogP contribution in [0.1, 0.15) is 30.0 Å². The molecule has 0 unspecified atom stereocenters. The molecule has 2 rings (SSSR count). The number of hydrogen-bond donors (Lipinski definition) is 1. The van der Waals surface area contributed by atoms with Crippen LogP contribution in [0.3, 0.4) is 0 Å². The molecule has 0 aromatic heterocycles. The molecular formula is C19H22O4. The van der Waals surface area contributed by atoms with Gasteiger partial charge in [-0.1, -0.05) is 35.9 Å². The van der Waals surface area contributed by atoms with Gasteiger partial charge in [0.2, 0.25) is 0 Å². The van der Waals surface area contributed by atoms with Crippen molar-refractivity contribution in [2.45, 2.75) is 33.3 Å². The molecule has 0 heterocycles. The molecule has 4 heteroatoms. The fourth-order valence-electron chi connectivity index (χ4n) is 2.19. The van der Waals surface area contributed by atoms with Crippen molar-refractivity contribution < 1.29 is 19.4 Å². The van der Waals surface area contributed by atoms with Crippen LogP contribution in [0, 0.1) is 6.92 Å². The van der Waals surface area contributed by atoms with Crippen molar-refractivity contribution >= 4 is 5.97 Å². The SMILES string of the molecule is CCOc1cc(CCC(=O)O)ccc1OCc1ccc(C)cc1. The molecule has 0 aliphatic heterocycles. The largest absolute Gasteiger partial charge is 0.490 e. The third-order valence-corrected chi connectivity index (χ3v) is 3.45. The second-order valence-electron chi connectivity index (χ2n) is 5.38. The summed E-state index contributed by atoms with van der Waals surface area (Å²) in [4.78, 5) is 10.7. The third-order valence-electron chi connectivity index (χ3n) is 3.45. The average Bonchev–Trinajstić information content (AvgIpc) is 2.54. The van der Waals surface area contributed by atoms with E-state index in [2.05, 4.69) is 12.1 Å². The normalized spacial score (nSPS) is 10.3. The quantitative estimate of drug-likeness (QED) is 0.800. The smallest absolute Gasteiger partial charge is 0.303 e. The number of aliphatic carboxylic acids is 1. The number of rotatable bonds is 8. The molecule has 0 fully saturated rings. The van der Waals surface area contributed by atoms with Gasteiger partial charge in [-0.15, -0.1) is 0 Å². The van der Waals surface area contributed by atoms with Gasteiger partial charge in [-0.25, -0.2) is 0 Å². The van der Waals surface area contributed by atoms with E-state index in [1.807, 2.05) is 44.2 Å². The standard InChI is InChI=1S/C19H22O4/c1-3-22-18-12-15(9-11-19(20)21)8-10-17(18)23-13-16-6-4-14(2)5-7-16/h4-8,10,12H,3,9,11,13H2,1-2H3,(H,20,21). The molecule has 0 aliphatic rings. The van der Waals surface area contributed by atoms with Crippen molar-refractivity contribution in [1.29, 1.82) is 0 Å². The summed E-state index contributed by atoms with van der Waals surface area (Å²) < 4.78 is 11.5. The molecule has 0 saturated carbocycles. The van der Waals surface area contributed by atoms with Crippen molar-refractivity contribution in [2.75, 3.05) is 6.61 Å². The Balaban J connectivity index is 2.07. The molecular weight excluding hydrogens is 292 g/mol. The highest BCUT2D eigenvalue weighted by Crippen LogP contribution is 2.29. The molecule has 23 heavy (non-hydrogen) atoms. The van der Waals surface area contributed by atoms with Crippen LogP contribution >= 0.6 is 0 Å². The fraction of sp³-hybridized carbons (Fsp3) is 0.316. The molecule has 0 aliphatic carbocycles. The number of carboxylic acids is 1. The predicted molar refractivity (Wildman–Crippen MR) is 89.1 cm³/mol. The minimum absolute atomic E-state index is 0.106. The lowest BCUT2D eigenvalue weighted by molar-refractivity contribution is -0.136. The summed E-state index contributed by atoms with van der Waals surface area (Å²) in [5.41, 5.74) is 3.23. The fourth-order valence-corrected chi connectivity index (χ4v) is 2.19. The highest BCUT2D eigenvalue weighted by Gasteiger charge is 2.08. The van der Waals surface area contributed by atoms with Crippen LogP contribution in [0.25, 0.3) is 0 Å². The maximum atomic E-state index is 10.7. The van der Waals surface area contributed by atoms with E-state index < -0.39 is 5.97 Å². The Hall–Kier alpha value is -2.49. The van der Waals surface area contributed by atoms with Crippen molar-refractivity contribution in [2.24, 2.45) is 0 Å². The Kier molecular flexibility index (Phi) is 6.03. The van der Waals surface area contributed by atoms with Gasteiger partial charge in [-0.3, -0.25) is 4.79 Å². The zero-order valence-electron chi connectivity index (χ0n) is 13.5. The van der Waals surface area contributed by atoms with Crippen LogP contribution in [0.15, 0.2) is 42.5 Å². The lowest BCUT2D eigenvalue weighted by atomic mass is 10.1. The van der Waals surface area contributed by atoms with E-state index >= 15 is 0 Å². The summed E-state index contributed by atoms with van der Waals surface area (Å²) in [6.45, 7) is 4.96. The lowest BCUT2D eigenvalue weighted by Crippen LogP contribution is -2.02. The van der Waals surface area contributed by atoms with Crippen molar-refractivity contribution in [3.63, 3.8) is 0 Å². The minimum atomic E-state index is -0.803. The molecule has 0 spiro atoms. The van der Waals surface area contributed by atoms with Gasteiger partial charge in [0.1, 0.15) is 6.61 Å². The predicted octanol–water partition coefficient (Wildman–Crippen LogP) is 3.99. The zero-order chi connectivity index (χ0) is 16.7. The highest BCUT2D eigenvalue weighted by atomic mass is 16.5. The van der Waals surface area contributed by atoms with Gasteiger partial charge >= 0.3 is 5.97 Å². The molecule has 0 saturated heterocycles. The lowest BCUT2D eigenvalue weighted by Gasteiger charge is -2.13. The van der Waals surface area contributed by atoms with Crippen molar-refractivity contribution in [3.8, 4) is 11.5 Å². The molecule has 2 aromatic rings. The molecule has 2 aromatic carbocycles. The first-order chi connectivity index (χ1) is 11.1. The Morgan fingerprint density at radius 3 is 2.35 bits per heavy atom. The van der Waals surface area contributed by atoms with Gasteiger partial charge in [0, 0.05) is 6.42 Å². The zero-order valence-corrected chi connectivity index (χ0v) is 13.5. The maximum Gasteiger partial charge on any atom is 0.303 e. The van der Waals surface area contributed by atoms with E-state index in [0.717, 1.165) is 11.1 Å². The van der Waals surface area contributed by atoms with Gasteiger partial charge in [-0.2, -0.15) is 0 Å². The van der Waals surface area contributed by atoms with Crippen LogP contribution in [0.5, 0.6) is 11.5 Å². The second kappa shape index (κ2) is 8.22. The van der Waals surface area contributed by atoms with Crippen molar-refractivity contribution in [3.05, 3.63) is 59.2 Å². The van der Waals surface area contributed by atoms with Gasteiger partial charge in [-0.05, 0) is 43.5 Å². The number of hydrogen-bond acceptors (Lipinski definition) is 3. The van der Waals surface area contributed by atoms with Crippen LogP contribution in [0.4, 0.5) is 0 Å². The monoisotopic (exact) mass is 314 g/mol. The number of ether oxygens (including phenoxy) is 2. The Morgan fingerprint density at radius 2 is 1.70 bits per heavy atom.